The lowest BCUT2D eigenvalue weighted by molar-refractivity contribution is -0.138. The van der Waals surface area contributed by atoms with E-state index in [0.717, 1.165) is 12.1 Å². The number of alkyl halides is 3. The van der Waals surface area contributed by atoms with Crippen LogP contribution in [0.4, 0.5) is 13.2 Å². The van der Waals surface area contributed by atoms with Gasteiger partial charge in [0.05, 0.1) is 11.2 Å². The van der Waals surface area contributed by atoms with Crippen LogP contribution in [0.15, 0.2) is 18.2 Å². The van der Waals surface area contributed by atoms with Crippen LogP contribution in [-0.4, -0.2) is 15.8 Å². The van der Waals surface area contributed by atoms with Crippen molar-refractivity contribution >= 4 is 0 Å². The van der Waals surface area contributed by atoms with Crippen molar-refractivity contribution in [3.05, 3.63) is 29.3 Å². The van der Waals surface area contributed by atoms with Gasteiger partial charge in [0.1, 0.15) is 5.75 Å². The van der Waals surface area contributed by atoms with E-state index in [1.807, 2.05) is 0 Å². The molecular weight excluding hydrogens is 221 g/mol. The van der Waals surface area contributed by atoms with Crippen LogP contribution in [0.25, 0.3) is 0 Å². The molecule has 2 rings (SSSR count). The number of benzene rings is 1. The molecule has 0 amide bonds. The predicted molar refractivity (Wildman–Crippen MR) is 51.0 cm³/mol. The second-order valence-electron chi connectivity index (χ2n) is 4.20. The molecule has 0 aromatic heterocycles. The Morgan fingerprint density at radius 3 is 2.38 bits per heavy atom. The summed E-state index contributed by atoms with van der Waals surface area (Å²) in [5.41, 5.74) is -2.14. The van der Waals surface area contributed by atoms with Crippen LogP contribution in [0.3, 0.4) is 0 Å². The molecule has 2 N–H and O–H groups in total. The largest absolute Gasteiger partial charge is 0.508 e. The lowest BCUT2D eigenvalue weighted by Gasteiger charge is -2.16. The Bertz CT molecular complexity index is 408. The Morgan fingerprint density at radius 2 is 1.88 bits per heavy atom. The van der Waals surface area contributed by atoms with Gasteiger partial charge in [0.25, 0.3) is 0 Å². The van der Waals surface area contributed by atoms with Gasteiger partial charge in [0.15, 0.2) is 0 Å². The molecule has 16 heavy (non-hydrogen) atoms. The average Bonchev–Trinajstić information content (AvgIpc) is 2.86. The summed E-state index contributed by atoms with van der Waals surface area (Å²) in [5.74, 6) is -0.407. The summed E-state index contributed by atoms with van der Waals surface area (Å²) >= 11 is 0. The molecule has 0 heterocycles. The van der Waals surface area contributed by atoms with Crippen molar-refractivity contribution in [1.82, 2.24) is 0 Å². The zero-order valence-corrected chi connectivity index (χ0v) is 8.38. The van der Waals surface area contributed by atoms with Crippen molar-refractivity contribution in [3.63, 3.8) is 0 Å². The number of aromatic hydroxyl groups is 1. The normalized spacial score (nSPS) is 18.5. The highest BCUT2D eigenvalue weighted by Crippen LogP contribution is 2.43. The number of phenolic OH excluding ortho intramolecular Hbond substituents is 1. The molecule has 5 heteroatoms. The maximum atomic E-state index is 12.6. The molecular formula is C11H11F3O2. The molecule has 1 saturated carbocycles. The summed E-state index contributed by atoms with van der Waals surface area (Å²) in [6.45, 7) is 0. The number of rotatable bonds is 2. The van der Waals surface area contributed by atoms with Crippen LogP contribution in [0.2, 0.25) is 0 Å². The van der Waals surface area contributed by atoms with Gasteiger partial charge in [-0.3, -0.25) is 0 Å². The van der Waals surface area contributed by atoms with Crippen LogP contribution in [0.5, 0.6) is 5.75 Å². The molecule has 1 fully saturated rings. The zero-order chi connectivity index (χ0) is 12.0. The Labute approximate surface area is 90.3 Å². The molecule has 1 aliphatic rings. The van der Waals surface area contributed by atoms with Crippen LogP contribution in [0.1, 0.15) is 24.0 Å². The minimum Gasteiger partial charge on any atom is -0.508 e. The van der Waals surface area contributed by atoms with E-state index in [1.165, 1.54) is 6.07 Å². The van der Waals surface area contributed by atoms with Crippen molar-refractivity contribution < 1.29 is 23.4 Å². The Balaban J connectivity index is 2.40. The summed E-state index contributed by atoms with van der Waals surface area (Å²) in [7, 11) is 0. The summed E-state index contributed by atoms with van der Waals surface area (Å²) in [5, 5.41) is 19.1. The predicted octanol–water partition coefficient (Wildman–Crippen LogP) is 2.48. The third-order valence-corrected chi connectivity index (χ3v) is 2.79. The number of hydrogen-bond acceptors (Lipinski definition) is 2. The summed E-state index contributed by atoms with van der Waals surface area (Å²) < 4.78 is 37.9. The molecule has 0 unspecified atom stereocenters. The fourth-order valence-corrected chi connectivity index (χ4v) is 1.68. The lowest BCUT2D eigenvalue weighted by atomic mass is 9.99. The fourth-order valence-electron chi connectivity index (χ4n) is 1.68. The van der Waals surface area contributed by atoms with Crippen molar-refractivity contribution in [2.24, 2.45) is 0 Å². The van der Waals surface area contributed by atoms with Crippen molar-refractivity contribution in [1.29, 1.82) is 0 Å². The van der Waals surface area contributed by atoms with E-state index in [9.17, 15) is 23.4 Å². The van der Waals surface area contributed by atoms with Crippen LogP contribution in [-0.2, 0) is 12.6 Å². The van der Waals surface area contributed by atoms with Crippen molar-refractivity contribution in [3.8, 4) is 5.75 Å². The molecule has 88 valence electrons. The molecule has 0 bridgehead atoms. The summed E-state index contributed by atoms with van der Waals surface area (Å²) in [6, 6.07) is 3.27. The molecule has 2 nitrogen and oxygen atoms in total. The van der Waals surface area contributed by atoms with E-state index in [4.69, 9.17) is 0 Å². The first-order chi connectivity index (χ1) is 7.32. The molecule has 1 aliphatic carbocycles. The minimum atomic E-state index is -4.50. The smallest absolute Gasteiger partial charge is 0.416 e. The zero-order valence-electron chi connectivity index (χ0n) is 8.38. The number of aliphatic hydroxyl groups is 1. The van der Waals surface area contributed by atoms with Gasteiger partial charge >= 0.3 is 6.18 Å². The molecule has 1 aromatic rings. The highest BCUT2D eigenvalue weighted by atomic mass is 19.4. The second kappa shape index (κ2) is 3.38. The summed E-state index contributed by atoms with van der Waals surface area (Å²) in [4.78, 5) is 0. The Hall–Kier alpha value is -1.23. The van der Waals surface area contributed by atoms with Gasteiger partial charge in [-0.15, -0.1) is 0 Å². The van der Waals surface area contributed by atoms with Gasteiger partial charge in [-0.25, -0.2) is 0 Å². The highest BCUT2D eigenvalue weighted by Gasteiger charge is 2.44. The molecule has 1 aromatic carbocycles. The topological polar surface area (TPSA) is 40.5 Å². The van der Waals surface area contributed by atoms with Gasteiger partial charge in [-0.1, -0.05) is 6.07 Å². The van der Waals surface area contributed by atoms with Gasteiger partial charge in [0, 0.05) is 12.0 Å². The quantitative estimate of drug-likeness (QED) is 0.822. The summed E-state index contributed by atoms with van der Waals surface area (Å²) in [6.07, 6.45) is -3.68. The second-order valence-corrected chi connectivity index (χ2v) is 4.20. The first-order valence-electron chi connectivity index (χ1n) is 4.92. The highest BCUT2D eigenvalue weighted by molar-refractivity contribution is 5.42. The molecule has 0 radical (unpaired) electrons. The molecule has 0 saturated heterocycles. The van der Waals surface area contributed by atoms with E-state index >= 15 is 0 Å². The third-order valence-electron chi connectivity index (χ3n) is 2.79. The first-order valence-corrected chi connectivity index (χ1v) is 4.92. The fraction of sp³-hybridized carbons (Fsp3) is 0.455. The standard InChI is InChI=1S/C11H11F3O2/c12-11(13,14)8-2-1-3-9(15)7(8)6-10(16)4-5-10/h1-3,15-16H,4-6H2. The molecule has 0 aliphatic heterocycles. The van der Waals surface area contributed by atoms with E-state index in [2.05, 4.69) is 0 Å². The number of halogens is 3. The van der Waals surface area contributed by atoms with Crippen LogP contribution in [0, 0.1) is 0 Å². The first kappa shape index (κ1) is 11.3. The van der Waals surface area contributed by atoms with Gasteiger partial charge in [-0.05, 0) is 25.0 Å². The average molecular weight is 232 g/mol. The van der Waals surface area contributed by atoms with Crippen molar-refractivity contribution in [2.45, 2.75) is 31.0 Å². The SMILES string of the molecule is Oc1cccc(C(F)(F)F)c1CC1(O)CC1. The van der Waals surface area contributed by atoms with Crippen molar-refractivity contribution in [2.75, 3.05) is 0 Å². The lowest BCUT2D eigenvalue weighted by Crippen LogP contribution is -2.16. The minimum absolute atomic E-state index is 0.144. The van der Waals surface area contributed by atoms with E-state index in [-0.39, 0.29) is 12.0 Å². The number of phenols is 1. The maximum absolute atomic E-state index is 12.6. The maximum Gasteiger partial charge on any atom is 0.416 e. The van der Waals surface area contributed by atoms with Gasteiger partial charge in [0.2, 0.25) is 0 Å². The molecule has 0 spiro atoms. The van der Waals surface area contributed by atoms with E-state index < -0.39 is 23.1 Å². The number of hydrogen-bond donors (Lipinski definition) is 2. The monoisotopic (exact) mass is 232 g/mol. The van der Waals surface area contributed by atoms with Gasteiger partial charge < -0.3 is 10.2 Å². The Morgan fingerprint density at radius 1 is 1.25 bits per heavy atom. The Kier molecular flexibility index (Phi) is 2.38. The molecule has 0 atom stereocenters. The van der Waals surface area contributed by atoms with Gasteiger partial charge in [-0.2, -0.15) is 13.2 Å². The van der Waals surface area contributed by atoms with E-state index in [1.54, 1.807) is 0 Å². The van der Waals surface area contributed by atoms with Crippen LogP contribution >= 0.6 is 0 Å². The van der Waals surface area contributed by atoms with E-state index in [0.29, 0.717) is 12.8 Å². The third kappa shape index (κ3) is 2.14. The van der Waals surface area contributed by atoms with Crippen LogP contribution < -0.4 is 0 Å².